The van der Waals surface area contributed by atoms with E-state index in [0.717, 1.165) is 24.2 Å². The highest BCUT2D eigenvalue weighted by molar-refractivity contribution is 7.89. The van der Waals surface area contributed by atoms with Gasteiger partial charge in [-0.1, -0.05) is 36.4 Å². The van der Waals surface area contributed by atoms with E-state index in [1.54, 1.807) is 0 Å². The van der Waals surface area contributed by atoms with Crippen molar-refractivity contribution >= 4 is 10.0 Å². The van der Waals surface area contributed by atoms with Crippen LogP contribution < -0.4 is 9.46 Å². The van der Waals surface area contributed by atoms with Gasteiger partial charge in [0, 0.05) is 25.7 Å². The number of pyridine rings is 1. The second-order valence-corrected chi connectivity index (χ2v) is 10.8. The van der Waals surface area contributed by atoms with Crippen molar-refractivity contribution < 1.29 is 21.9 Å². The lowest BCUT2D eigenvalue weighted by atomic mass is 9.81. The molecule has 0 saturated carbocycles. The minimum absolute atomic E-state index is 0.0257. The van der Waals surface area contributed by atoms with Crippen LogP contribution in [-0.2, 0) is 22.1 Å². The van der Waals surface area contributed by atoms with Gasteiger partial charge < -0.3 is 4.74 Å². The minimum Gasteiger partial charge on any atom is -0.475 e. The van der Waals surface area contributed by atoms with Gasteiger partial charge in [-0.3, -0.25) is 4.90 Å². The molecule has 0 radical (unpaired) electrons. The van der Waals surface area contributed by atoms with Crippen LogP contribution in [0.2, 0.25) is 0 Å². The predicted molar refractivity (Wildman–Crippen MR) is 129 cm³/mol. The summed E-state index contributed by atoms with van der Waals surface area (Å²) in [6.07, 6.45) is 1.93. The van der Waals surface area contributed by atoms with Crippen molar-refractivity contribution in [3.05, 3.63) is 89.6 Å². The summed E-state index contributed by atoms with van der Waals surface area (Å²) in [7, 11) is -4.01. The van der Waals surface area contributed by atoms with Crippen LogP contribution >= 0.6 is 0 Å². The molecule has 1 N–H and O–H groups in total. The molecule has 0 spiro atoms. The lowest BCUT2D eigenvalue weighted by Gasteiger charge is -2.42. The van der Waals surface area contributed by atoms with E-state index in [0.29, 0.717) is 37.4 Å². The van der Waals surface area contributed by atoms with E-state index in [1.165, 1.54) is 24.4 Å². The van der Waals surface area contributed by atoms with E-state index in [1.807, 2.05) is 44.2 Å². The normalized spacial score (nSPS) is 16.4. The van der Waals surface area contributed by atoms with E-state index in [4.69, 9.17) is 4.74 Å². The first-order valence-electron chi connectivity index (χ1n) is 11.6. The highest BCUT2D eigenvalue weighted by Gasteiger charge is 2.40. The van der Waals surface area contributed by atoms with Crippen molar-refractivity contribution in [1.82, 2.24) is 14.6 Å². The van der Waals surface area contributed by atoms with E-state index in [9.17, 15) is 17.2 Å². The van der Waals surface area contributed by atoms with E-state index >= 15 is 0 Å². The Bertz CT molecular complexity index is 1240. The fraction of sp³-hybridized carbons (Fsp3) is 0.346. The Labute approximate surface area is 205 Å². The first-order chi connectivity index (χ1) is 16.7. The highest BCUT2D eigenvalue weighted by Crippen LogP contribution is 2.36. The molecule has 186 valence electrons. The Balaban J connectivity index is 1.59. The molecule has 2 aromatic carbocycles. The van der Waals surface area contributed by atoms with Crippen LogP contribution in [0.3, 0.4) is 0 Å². The SMILES string of the molecule is CC(C)Oc1ccc(S(=O)(=O)NC2(c3ccc(F)c(F)c3)CCN(Cc3ccccc3)CC2)cn1. The summed E-state index contributed by atoms with van der Waals surface area (Å²) < 4.78 is 62.9. The number of ether oxygens (including phenoxy) is 1. The molecule has 9 heteroatoms. The zero-order valence-corrected chi connectivity index (χ0v) is 20.6. The summed E-state index contributed by atoms with van der Waals surface area (Å²) in [6.45, 7) is 5.58. The number of benzene rings is 2. The first kappa shape index (κ1) is 25.2. The van der Waals surface area contributed by atoms with Gasteiger partial charge in [0.15, 0.2) is 11.6 Å². The van der Waals surface area contributed by atoms with Crippen LogP contribution in [0.15, 0.2) is 71.8 Å². The van der Waals surface area contributed by atoms with Gasteiger partial charge in [-0.2, -0.15) is 0 Å². The zero-order valence-electron chi connectivity index (χ0n) is 19.7. The van der Waals surface area contributed by atoms with Gasteiger partial charge >= 0.3 is 0 Å². The van der Waals surface area contributed by atoms with Gasteiger partial charge in [0.05, 0.1) is 17.8 Å². The number of hydrogen-bond donors (Lipinski definition) is 1. The molecule has 6 nitrogen and oxygen atoms in total. The monoisotopic (exact) mass is 501 g/mol. The summed E-state index contributed by atoms with van der Waals surface area (Å²) in [5, 5.41) is 0. The Kier molecular flexibility index (Phi) is 7.49. The lowest BCUT2D eigenvalue weighted by molar-refractivity contribution is 0.144. The van der Waals surface area contributed by atoms with Crippen molar-refractivity contribution in [2.45, 2.75) is 49.8 Å². The van der Waals surface area contributed by atoms with Crippen molar-refractivity contribution in [2.75, 3.05) is 13.1 Å². The third-order valence-corrected chi connectivity index (χ3v) is 7.66. The fourth-order valence-electron chi connectivity index (χ4n) is 4.33. The minimum atomic E-state index is -4.01. The topological polar surface area (TPSA) is 71.5 Å². The molecule has 0 amide bonds. The molecule has 1 aliphatic heterocycles. The molecule has 3 aromatic rings. The molecule has 1 aliphatic rings. The number of likely N-dealkylation sites (tertiary alicyclic amines) is 1. The van der Waals surface area contributed by atoms with Crippen LogP contribution in [0.25, 0.3) is 0 Å². The van der Waals surface area contributed by atoms with Crippen LogP contribution in [0.1, 0.15) is 37.8 Å². The molecule has 0 bridgehead atoms. The number of piperidine rings is 1. The van der Waals surface area contributed by atoms with E-state index in [2.05, 4.69) is 14.6 Å². The van der Waals surface area contributed by atoms with Crippen LogP contribution in [0.4, 0.5) is 8.78 Å². The van der Waals surface area contributed by atoms with Gasteiger partial charge in [0.1, 0.15) is 4.90 Å². The number of halogens is 2. The lowest BCUT2D eigenvalue weighted by Crippen LogP contribution is -2.52. The van der Waals surface area contributed by atoms with Gasteiger partial charge in [-0.05, 0) is 56.0 Å². The van der Waals surface area contributed by atoms with Crippen molar-refractivity contribution in [3.63, 3.8) is 0 Å². The Morgan fingerprint density at radius 3 is 2.34 bits per heavy atom. The van der Waals surface area contributed by atoms with Gasteiger partial charge in [0.2, 0.25) is 15.9 Å². The molecular weight excluding hydrogens is 472 g/mol. The molecule has 35 heavy (non-hydrogen) atoms. The third kappa shape index (κ3) is 6.04. The van der Waals surface area contributed by atoms with Gasteiger partial charge in [-0.25, -0.2) is 26.9 Å². The zero-order chi connectivity index (χ0) is 25.1. The fourth-order valence-corrected chi connectivity index (χ4v) is 5.72. The number of sulfonamides is 1. The van der Waals surface area contributed by atoms with Crippen molar-refractivity contribution in [2.24, 2.45) is 0 Å². The standard InChI is InChI=1S/C26H29F2N3O3S/c1-19(2)34-25-11-9-22(17-29-25)35(32,33)30-26(21-8-10-23(27)24(28)16-21)12-14-31(15-13-26)18-20-6-4-3-5-7-20/h3-11,16-17,19,30H,12-15,18H2,1-2H3. The first-order valence-corrected chi connectivity index (χ1v) is 13.0. The third-order valence-electron chi connectivity index (χ3n) is 6.14. The van der Waals surface area contributed by atoms with Gasteiger partial charge in [-0.15, -0.1) is 0 Å². The van der Waals surface area contributed by atoms with Crippen LogP contribution in [-0.4, -0.2) is 37.5 Å². The Hall–Kier alpha value is -2.88. The molecule has 1 fully saturated rings. The summed E-state index contributed by atoms with van der Waals surface area (Å²) in [4.78, 5) is 6.30. The maximum Gasteiger partial charge on any atom is 0.242 e. The summed E-state index contributed by atoms with van der Waals surface area (Å²) in [6, 6.07) is 16.5. The summed E-state index contributed by atoms with van der Waals surface area (Å²) >= 11 is 0. The number of nitrogens with one attached hydrogen (secondary N) is 1. The smallest absolute Gasteiger partial charge is 0.242 e. The maximum atomic E-state index is 14.2. The number of nitrogens with zero attached hydrogens (tertiary/aromatic N) is 2. The number of hydrogen-bond acceptors (Lipinski definition) is 5. The van der Waals surface area contributed by atoms with Crippen LogP contribution in [0, 0.1) is 11.6 Å². The van der Waals surface area contributed by atoms with E-state index < -0.39 is 27.2 Å². The maximum absolute atomic E-state index is 14.2. The van der Waals surface area contributed by atoms with Crippen molar-refractivity contribution in [1.29, 1.82) is 0 Å². The molecule has 4 rings (SSSR count). The molecule has 0 aliphatic carbocycles. The number of rotatable bonds is 8. The second-order valence-electron chi connectivity index (χ2n) is 9.08. The molecular formula is C26H29F2N3O3S. The summed E-state index contributed by atoms with van der Waals surface area (Å²) in [5.41, 5.74) is 0.462. The van der Waals surface area contributed by atoms with Gasteiger partial charge in [0.25, 0.3) is 0 Å². The number of aromatic nitrogens is 1. The Morgan fingerprint density at radius 1 is 1.03 bits per heavy atom. The molecule has 0 atom stereocenters. The molecule has 0 unspecified atom stereocenters. The van der Waals surface area contributed by atoms with Crippen molar-refractivity contribution in [3.8, 4) is 5.88 Å². The summed E-state index contributed by atoms with van der Waals surface area (Å²) in [5.74, 6) is -1.66. The predicted octanol–water partition coefficient (Wildman–Crippen LogP) is 4.62. The average molecular weight is 502 g/mol. The molecule has 2 heterocycles. The largest absolute Gasteiger partial charge is 0.475 e. The Morgan fingerprint density at radius 2 is 1.74 bits per heavy atom. The second kappa shape index (κ2) is 10.4. The highest BCUT2D eigenvalue weighted by atomic mass is 32.2. The van der Waals surface area contributed by atoms with Crippen LogP contribution in [0.5, 0.6) is 5.88 Å². The van der Waals surface area contributed by atoms with E-state index in [-0.39, 0.29) is 11.0 Å². The molecule has 1 saturated heterocycles. The quantitative estimate of drug-likeness (QED) is 0.488. The average Bonchev–Trinajstić information content (AvgIpc) is 2.83. The molecule has 1 aromatic heterocycles.